The van der Waals surface area contributed by atoms with E-state index < -0.39 is 14.6 Å². The summed E-state index contributed by atoms with van der Waals surface area (Å²) in [7, 11) is -1.27. The Hall–Kier alpha value is -2.49. The lowest BCUT2D eigenvalue weighted by Gasteiger charge is -2.35. The summed E-state index contributed by atoms with van der Waals surface area (Å²) in [6.07, 6.45) is 0.537. The molecule has 0 bridgehead atoms. The first-order valence-corrected chi connectivity index (χ1v) is 13.4. The van der Waals surface area contributed by atoms with E-state index in [9.17, 15) is 4.79 Å². The molecule has 0 saturated heterocycles. The fourth-order valence-electron chi connectivity index (χ4n) is 4.37. The molecule has 1 atom stereocenters. The van der Waals surface area contributed by atoms with Crippen LogP contribution in [0.15, 0.2) is 48.5 Å². The zero-order valence-corrected chi connectivity index (χ0v) is 22.0. The minimum atomic E-state index is -1.27. The van der Waals surface area contributed by atoms with Crippen molar-refractivity contribution in [1.29, 1.82) is 5.26 Å². The fraction of sp³-hybridized carbons (Fsp3) is 0.481. The first kappa shape index (κ1) is 27.1. The number of benzene rings is 2. The molecule has 1 aliphatic carbocycles. The van der Waals surface area contributed by atoms with Gasteiger partial charge < -0.3 is 19.1 Å². The summed E-state index contributed by atoms with van der Waals surface area (Å²) >= 11 is 0. The molecular weight excluding hydrogens is 461 g/mol. The second-order valence-corrected chi connectivity index (χ2v) is 10.4. The number of nitrogens with one attached hydrogen (secondary N) is 1. The zero-order chi connectivity index (χ0) is 25.2. The molecule has 2 aromatic rings. The highest BCUT2D eigenvalue weighted by molar-refractivity contribution is 7.44. The fourth-order valence-corrected chi connectivity index (χ4v) is 6.00. The van der Waals surface area contributed by atoms with Crippen LogP contribution in [0.25, 0.3) is 11.1 Å². The Labute approximate surface area is 210 Å². The Balaban J connectivity index is 1.44. The number of carbonyl (C=O) groups is 1. The van der Waals surface area contributed by atoms with Crippen molar-refractivity contribution >= 4 is 14.6 Å². The summed E-state index contributed by atoms with van der Waals surface area (Å²) in [5, 5.41) is 11.6. The Kier molecular flexibility index (Phi) is 10.5. The number of hydrogen-bond acceptors (Lipinski definition) is 6. The van der Waals surface area contributed by atoms with Crippen LogP contribution in [0.4, 0.5) is 4.79 Å². The number of carbonyl (C=O) groups excluding carboxylic acids is 1. The SMILES string of the molecule is CC(C)N(C(C)C)P(OCCC#N)OCCCNC(=O)OCC1c2ccccc2-c2ccccc21. The minimum absolute atomic E-state index is 0.0450. The molecule has 188 valence electrons. The van der Waals surface area contributed by atoms with Crippen LogP contribution in [0.5, 0.6) is 0 Å². The number of amides is 1. The maximum atomic E-state index is 12.3. The highest BCUT2D eigenvalue weighted by atomic mass is 31.2. The summed E-state index contributed by atoms with van der Waals surface area (Å²) in [6.45, 7) is 9.94. The van der Waals surface area contributed by atoms with Gasteiger partial charge in [0.25, 0.3) is 8.53 Å². The number of hydrogen-bond donors (Lipinski definition) is 1. The van der Waals surface area contributed by atoms with E-state index in [0.29, 0.717) is 39.2 Å². The number of nitrogens with zero attached hydrogens (tertiary/aromatic N) is 2. The molecular formula is C27H36N3O4P. The van der Waals surface area contributed by atoms with E-state index >= 15 is 0 Å². The van der Waals surface area contributed by atoms with Crippen LogP contribution in [0.1, 0.15) is 57.6 Å². The van der Waals surface area contributed by atoms with Crippen molar-refractivity contribution in [1.82, 2.24) is 9.99 Å². The lowest BCUT2D eigenvalue weighted by molar-refractivity contribution is 0.141. The normalized spacial score (nSPS) is 13.5. The maximum Gasteiger partial charge on any atom is 0.407 e. The highest BCUT2D eigenvalue weighted by Gasteiger charge is 2.29. The molecule has 1 amide bonds. The molecule has 0 aromatic heterocycles. The molecule has 1 unspecified atom stereocenters. The molecule has 0 aliphatic heterocycles. The van der Waals surface area contributed by atoms with Crippen molar-refractivity contribution in [2.24, 2.45) is 0 Å². The summed E-state index contributed by atoms with van der Waals surface area (Å²) < 4.78 is 19.7. The van der Waals surface area contributed by atoms with E-state index in [4.69, 9.17) is 19.0 Å². The van der Waals surface area contributed by atoms with E-state index in [1.54, 1.807) is 0 Å². The lowest BCUT2D eigenvalue weighted by atomic mass is 9.98. The second kappa shape index (κ2) is 13.6. The predicted molar refractivity (Wildman–Crippen MR) is 139 cm³/mol. The lowest BCUT2D eigenvalue weighted by Crippen LogP contribution is -2.34. The van der Waals surface area contributed by atoms with E-state index in [-0.39, 0.29) is 18.0 Å². The third-order valence-electron chi connectivity index (χ3n) is 5.80. The van der Waals surface area contributed by atoms with Crippen molar-refractivity contribution < 1.29 is 18.6 Å². The topological polar surface area (TPSA) is 83.8 Å². The van der Waals surface area contributed by atoms with Crippen LogP contribution in [0, 0.1) is 11.3 Å². The quantitative estimate of drug-likeness (QED) is 0.262. The van der Waals surface area contributed by atoms with Crippen LogP contribution in [0.2, 0.25) is 0 Å². The molecule has 1 N–H and O–H groups in total. The Bertz CT molecular complexity index is 954. The monoisotopic (exact) mass is 497 g/mol. The predicted octanol–water partition coefficient (Wildman–Crippen LogP) is 6.21. The molecule has 0 heterocycles. The maximum absolute atomic E-state index is 12.3. The van der Waals surface area contributed by atoms with Gasteiger partial charge >= 0.3 is 6.09 Å². The standard InChI is InChI=1S/C27H36N3O4P/c1-20(2)30(21(3)4)35(33-17-9-15-28)34-18-10-16-29-27(31)32-19-26-24-13-7-5-11-22(24)23-12-6-8-14-25(23)26/h5-8,11-14,20-21,26H,9-10,16-19H2,1-4H3,(H,29,31). The molecule has 1 aliphatic rings. The molecule has 0 radical (unpaired) electrons. The van der Waals surface area contributed by atoms with Gasteiger partial charge in [0.2, 0.25) is 0 Å². The van der Waals surface area contributed by atoms with Gasteiger partial charge in [0, 0.05) is 24.5 Å². The smallest absolute Gasteiger partial charge is 0.407 e. The second-order valence-electron chi connectivity index (χ2n) is 8.99. The highest BCUT2D eigenvalue weighted by Crippen LogP contribution is 2.46. The largest absolute Gasteiger partial charge is 0.449 e. The van der Waals surface area contributed by atoms with Gasteiger partial charge in [-0.05, 0) is 56.4 Å². The third-order valence-corrected chi connectivity index (χ3v) is 7.91. The number of ether oxygens (including phenoxy) is 1. The van der Waals surface area contributed by atoms with Crippen LogP contribution in [-0.4, -0.2) is 49.2 Å². The molecule has 0 spiro atoms. The van der Waals surface area contributed by atoms with Gasteiger partial charge in [-0.15, -0.1) is 0 Å². The average Bonchev–Trinajstić information content (AvgIpc) is 3.15. The number of fused-ring (bicyclic) bond motifs is 3. The van der Waals surface area contributed by atoms with Crippen LogP contribution >= 0.6 is 8.53 Å². The van der Waals surface area contributed by atoms with E-state index in [2.05, 4.69) is 68.0 Å². The Morgan fingerprint density at radius 1 is 1.00 bits per heavy atom. The summed E-state index contributed by atoms with van der Waals surface area (Å²) in [5.41, 5.74) is 4.80. The third kappa shape index (κ3) is 7.25. The molecule has 35 heavy (non-hydrogen) atoms. The molecule has 8 heteroatoms. The van der Waals surface area contributed by atoms with E-state index in [1.165, 1.54) is 22.3 Å². The van der Waals surface area contributed by atoms with Crippen LogP contribution in [0.3, 0.4) is 0 Å². The van der Waals surface area contributed by atoms with Crippen molar-refractivity contribution in [3.8, 4) is 17.2 Å². The van der Waals surface area contributed by atoms with Crippen molar-refractivity contribution in [3.05, 3.63) is 59.7 Å². The summed E-state index contributed by atoms with van der Waals surface area (Å²) in [4.78, 5) is 12.3. The number of rotatable bonds is 13. The van der Waals surface area contributed by atoms with Crippen molar-refractivity contribution in [3.63, 3.8) is 0 Å². The van der Waals surface area contributed by atoms with Crippen LogP contribution in [-0.2, 0) is 13.8 Å². The molecule has 0 fully saturated rings. The number of alkyl carbamates (subject to hydrolysis) is 1. The van der Waals surface area contributed by atoms with Crippen LogP contribution < -0.4 is 5.32 Å². The molecule has 3 rings (SSSR count). The van der Waals surface area contributed by atoms with Crippen molar-refractivity contribution in [2.45, 2.75) is 58.5 Å². The molecule has 7 nitrogen and oxygen atoms in total. The zero-order valence-electron chi connectivity index (χ0n) is 21.1. The molecule has 0 saturated carbocycles. The summed E-state index contributed by atoms with van der Waals surface area (Å²) in [6, 6.07) is 19.2. The van der Waals surface area contributed by atoms with Gasteiger partial charge in [-0.1, -0.05) is 48.5 Å². The Morgan fingerprint density at radius 2 is 1.57 bits per heavy atom. The molecule has 2 aromatic carbocycles. The average molecular weight is 498 g/mol. The van der Waals surface area contributed by atoms with Gasteiger partial charge in [-0.25, -0.2) is 9.46 Å². The van der Waals surface area contributed by atoms with Gasteiger partial charge in [-0.2, -0.15) is 5.26 Å². The first-order valence-electron chi connectivity index (χ1n) is 12.2. The number of nitriles is 1. The van der Waals surface area contributed by atoms with Gasteiger partial charge in [0.15, 0.2) is 0 Å². The Morgan fingerprint density at radius 3 is 2.14 bits per heavy atom. The van der Waals surface area contributed by atoms with E-state index in [1.807, 2.05) is 24.3 Å². The summed E-state index contributed by atoms with van der Waals surface area (Å²) in [5.74, 6) is 0.0450. The van der Waals surface area contributed by atoms with E-state index in [0.717, 1.165) is 0 Å². The minimum Gasteiger partial charge on any atom is -0.449 e. The van der Waals surface area contributed by atoms with Gasteiger partial charge in [0.05, 0.1) is 25.7 Å². The first-order chi connectivity index (χ1) is 16.9. The van der Waals surface area contributed by atoms with Gasteiger partial charge in [-0.3, -0.25) is 0 Å². The van der Waals surface area contributed by atoms with Gasteiger partial charge in [0.1, 0.15) is 6.61 Å². The van der Waals surface area contributed by atoms with Crippen molar-refractivity contribution in [2.75, 3.05) is 26.4 Å².